The normalized spacial score (nSPS) is 10.9. The van der Waals surface area contributed by atoms with Crippen LogP contribution in [0.1, 0.15) is 0 Å². The number of anilines is 1. The molecule has 0 amide bonds. The van der Waals surface area contributed by atoms with Crippen LogP contribution in [0, 0.1) is 5.82 Å². The fraction of sp³-hybridized carbons (Fsp3) is 0.0833. The molecule has 0 aliphatic carbocycles. The molecular formula is C12H9BrFN5O. The van der Waals surface area contributed by atoms with Gasteiger partial charge in [0.15, 0.2) is 11.2 Å². The largest absolute Gasteiger partial charge is 0.479 e. The van der Waals surface area contributed by atoms with Gasteiger partial charge in [0.2, 0.25) is 11.8 Å². The van der Waals surface area contributed by atoms with Gasteiger partial charge in [-0.25, -0.2) is 14.4 Å². The first-order valence-corrected chi connectivity index (χ1v) is 6.39. The Balaban J connectivity index is 2.37. The number of ether oxygens (including phenoxy) is 1. The molecule has 0 saturated carbocycles. The molecule has 102 valence electrons. The molecule has 2 N–H and O–H groups in total. The van der Waals surface area contributed by atoms with Crippen LogP contribution in [0.15, 0.2) is 29.0 Å². The van der Waals surface area contributed by atoms with E-state index in [0.29, 0.717) is 27.2 Å². The molecule has 0 aliphatic rings. The summed E-state index contributed by atoms with van der Waals surface area (Å²) in [5, 5.41) is 0. The monoisotopic (exact) mass is 337 g/mol. The number of fused-ring (bicyclic) bond motifs is 1. The average Bonchev–Trinajstić information content (AvgIpc) is 2.77. The first-order valence-electron chi connectivity index (χ1n) is 5.60. The van der Waals surface area contributed by atoms with Crippen molar-refractivity contribution < 1.29 is 9.13 Å². The second-order valence-electron chi connectivity index (χ2n) is 3.96. The molecule has 8 heteroatoms. The summed E-state index contributed by atoms with van der Waals surface area (Å²) >= 11 is 3.36. The maximum absolute atomic E-state index is 13.5. The highest BCUT2D eigenvalue weighted by Crippen LogP contribution is 2.30. The van der Waals surface area contributed by atoms with E-state index in [1.165, 1.54) is 30.1 Å². The lowest BCUT2D eigenvalue weighted by molar-refractivity contribution is 0.401. The molecule has 0 bridgehead atoms. The van der Waals surface area contributed by atoms with E-state index in [4.69, 9.17) is 10.5 Å². The van der Waals surface area contributed by atoms with Crippen LogP contribution in [0.4, 0.5) is 10.3 Å². The Hall–Kier alpha value is -2.22. The zero-order valence-electron chi connectivity index (χ0n) is 10.3. The predicted octanol–water partition coefficient (Wildman–Crippen LogP) is 2.31. The summed E-state index contributed by atoms with van der Waals surface area (Å²) in [4.78, 5) is 12.3. The molecule has 3 aromatic rings. The van der Waals surface area contributed by atoms with Crippen molar-refractivity contribution in [3.63, 3.8) is 0 Å². The Labute approximate surface area is 121 Å². The second-order valence-corrected chi connectivity index (χ2v) is 4.81. The summed E-state index contributed by atoms with van der Waals surface area (Å²) in [5.41, 5.74) is 7.28. The number of benzene rings is 1. The summed E-state index contributed by atoms with van der Waals surface area (Å²) in [6, 6.07) is 4.28. The molecule has 0 unspecified atom stereocenters. The van der Waals surface area contributed by atoms with E-state index in [-0.39, 0.29) is 11.8 Å². The van der Waals surface area contributed by atoms with E-state index >= 15 is 0 Å². The van der Waals surface area contributed by atoms with Gasteiger partial charge >= 0.3 is 0 Å². The minimum absolute atomic E-state index is 0.171. The van der Waals surface area contributed by atoms with Gasteiger partial charge in [-0.15, -0.1) is 0 Å². The van der Waals surface area contributed by atoms with Gasteiger partial charge in [-0.05, 0) is 34.1 Å². The van der Waals surface area contributed by atoms with E-state index < -0.39 is 0 Å². The van der Waals surface area contributed by atoms with Crippen LogP contribution in [-0.4, -0.2) is 26.6 Å². The van der Waals surface area contributed by atoms with Crippen molar-refractivity contribution in [3.8, 4) is 11.6 Å². The number of aromatic nitrogens is 4. The number of nitrogen functional groups attached to an aromatic ring is 1. The van der Waals surface area contributed by atoms with E-state index in [1.54, 1.807) is 6.07 Å². The molecule has 0 atom stereocenters. The van der Waals surface area contributed by atoms with E-state index in [9.17, 15) is 4.39 Å². The third-order valence-electron chi connectivity index (χ3n) is 2.78. The molecule has 0 fully saturated rings. The Morgan fingerprint density at radius 1 is 1.35 bits per heavy atom. The highest BCUT2D eigenvalue weighted by atomic mass is 79.9. The summed E-state index contributed by atoms with van der Waals surface area (Å²) < 4.78 is 20.8. The number of hydrogen-bond donors (Lipinski definition) is 1. The van der Waals surface area contributed by atoms with Gasteiger partial charge in [0.1, 0.15) is 12.1 Å². The van der Waals surface area contributed by atoms with Crippen LogP contribution < -0.4 is 10.5 Å². The van der Waals surface area contributed by atoms with E-state index in [1.807, 2.05) is 0 Å². The van der Waals surface area contributed by atoms with Crippen LogP contribution in [0.3, 0.4) is 0 Å². The number of nitrogens with two attached hydrogens (primary N) is 1. The summed E-state index contributed by atoms with van der Waals surface area (Å²) in [5.74, 6) is 0.101. The minimum Gasteiger partial charge on any atom is -0.479 e. The Morgan fingerprint density at radius 2 is 2.15 bits per heavy atom. The van der Waals surface area contributed by atoms with Crippen molar-refractivity contribution in [1.82, 2.24) is 19.5 Å². The van der Waals surface area contributed by atoms with Gasteiger partial charge in [-0.2, -0.15) is 4.98 Å². The van der Waals surface area contributed by atoms with Crippen molar-refractivity contribution in [2.75, 3.05) is 12.8 Å². The summed E-state index contributed by atoms with van der Waals surface area (Å²) in [7, 11) is 1.48. The highest BCUT2D eigenvalue weighted by Gasteiger charge is 2.17. The number of hydrogen-bond acceptors (Lipinski definition) is 5. The molecule has 0 saturated heterocycles. The zero-order valence-corrected chi connectivity index (χ0v) is 11.9. The van der Waals surface area contributed by atoms with Crippen LogP contribution in [0.2, 0.25) is 0 Å². The second kappa shape index (κ2) is 4.71. The molecule has 0 spiro atoms. The van der Waals surface area contributed by atoms with Gasteiger partial charge in [0.25, 0.3) is 0 Å². The van der Waals surface area contributed by atoms with Gasteiger partial charge in [0, 0.05) is 4.47 Å². The molecule has 6 nitrogen and oxygen atoms in total. The molecule has 3 rings (SSSR count). The number of imidazole rings is 1. The molecule has 0 radical (unpaired) electrons. The first kappa shape index (κ1) is 12.8. The molecule has 0 aliphatic heterocycles. The number of methoxy groups -OCH3 is 1. The number of rotatable bonds is 2. The van der Waals surface area contributed by atoms with Gasteiger partial charge in [-0.1, -0.05) is 0 Å². The third-order valence-corrected chi connectivity index (χ3v) is 3.45. The van der Waals surface area contributed by atoms with Crippen LogP contribution in [0.5, 0.6) is 5.88 Å². The molecular weight excluding hydrogens is 329 g/mol. The SMILES string of the molecule is COc1ncnc2c1nc(N)n2-c1cc(F)ccc1Br. The standard InChI is InChI=1S/C12H9BrFN5O/c1-20-11-9-10(16-5-17-11)19(12(15)18-9)8-4-6(14)2-3-7(8)13/h2-5H,1H3,(H2,15,18). The van der Waals surface area contributed by atoms with Crippen molar-refractivity contribution in [1.29, 1.82) is 0 Å². The lowest BCUT2D eigenvalue weighted by Gasteiger charge is -2.08. The topological polar surface area (TPSA) is 78.8 Å². The van der Waals surface area contributed by atoms with Gasteiger partial charge in [-0.3, -0.25) is 4.57 Å². The average molecular weight is 338 g/mol. The van der Waals surface area contributed by atoms with Crippen molar-refractivity contribution in [3.05, 3.63) is 34.8 Å². The van der Waals surface area contributed by atoms with Crippen molar-refractivity contribution in [2.45, 2.75) is 0 Å². The van der Waals surface area contributed by atoms with Crippen LogP contribution >= 0.6 is 15.9 Å². The van der Waals surface area contributed by atoms with Gasteiger partial charge < -0.3 is 10.5 Å². The smallest absolute Gasteiger partial charge is 0.245 e. The quantitative estimate of drug-likeness (QED) is 0.776. The number of halogens is 2. The molecule has 2 heterocycles. The summed E-state index contributed by atoms with van der Waals surface area (Å²) in [6.45, 7) is 0. The predicted molar refractivity (Wildman–Crippen MR) is 75.3 cm³/mol. The van der Waals surface area contributed by atoms with Crippen molar-refractivity contribution in [2.24, 2.45) is 0 Å². The fourth-order valence-electron chi connectivity index (χ4n) is 1.93. The maximum atomic E-state index is 13.5. The van der Waals surface area contributed by atoms with Crippen LogP contribution in [0.25, 0.3) is 16.9 Å². The lowest BCUT2D eigenvalue weighted by Crippen LogP contribution is -2.03. The molecule has 20 heavy (non-hydrogen) atoms. The number of nitrogens with zero attached hydrogens (tertiary/aromatic N) is 4. The summed E-state index contributed by atoms with van der Waals surface area (Å²) in [6.07, 6.45) is 1.34. The lowest BCUT2D eigenvalue weighted by atomic mass is 10.3. The maximum Gasteiger partial charge on any atom is 0.245 e. The minimum atomic E-state index is -0.384. The van der Waals surface area contributed by atoms with Crippen molar-refractivity contribution >= 4 is 33.0 Å². The fourth-order valence-corrected chi connectivity index (χ4v) is 2.36. The Bertz CT molecular complexity index is 804. The van der Waals surface area contributed by atoms with E-state index in [0.717, 1.165) is 0 Å². The van der Waals surface area contributed by atoms with Crippen LogP contribution in [-0.2, 0) is 0 Å². The Kier molecular flexibility index (Phi) is 3.01. The highest BCUT2D eigenvalue weighted by molar-refractivity contribution is 9.10. The Morgan fingerprint density at radius 3 is 2.90 bits per heavy atom. The third kappa shape index (κ3) is 1.88. The van der Waals surface area contributed by atoms with E-state index in [2.05, 4.69) is 30.9 Å². The van der Waals surface area contributed by atoms with Gasteiger partial charge in [0.05, 0.1) is 12.8 Å². The first-order chi connectivity index (χ1) is 9.61. The zero-order chi connectivity index (χ0) is 14.3. The molecule has 2 aromatic heterocycles. The molecule has 1 aromatic carbocycles.